The molecule has 0 amide bonds. The Morgan fingerprint density at radius 3 is 2.84 bits per heavy atom. The predicted octanol–water partition coefficient (Wildman–Crippen LogP) is 3.99. The molecular weight excluding hydrogens is 232 g/mol. The van der Waals surface area contributed by atoms with Crippen LogP contribution in [0.5, 0.6) is 0 Å². The molecule has 1 heterocycles. The highest BCUT2D eigenvalue weighted by Crippen LogP contribution is 2.58. The van der Waals surface area contributed by atoms with Crippen LogP contribution in [0.2, 0.25) is 0 Å². The predicted molar refractivity (Wildman–Crippen MR) is 76.6 cm³/mol. The van der Waals surface area contributed by atoms with Crippen molar-refractivity contribution in [1.29, 1.82) is 0 Å². The molecule has 0 aromatic heterocycles. The summed E-state index contributed by atoms with van der Waals surface area (Å²) in [6.07, 6.45) is 12.6. The average Bonchev–Trinajstić information content (AvgIpc) is 2.81. The van der Waals surface area contributed by atoms with Crippen molar-refractivity contribution in [2.24, 2.45) is 11.3 Å². The Balaban J connectivity index is 1.86. The van der Waals surface area contributed by atoms with Gasteiger partial charge in [0, 0.05) is 5.41 Å². The van der Waals surface area contributed by atoms with Crippen LogP contribution in [0.4, 0.5) is 0 Å². The van der Waals surface area contributed by atoms with Gasteiger partial charge in [-0.25, -0.2) is 0 Å². The summed E-state index contributed by atoms with van der Waals surface area (Å²) in [4.78, 5) is 0. The van der Waals surface area contributed by atoms with Crippen molar-refractivity contribution in [2.45, 2.75) is 18.9 Å². The lowest BCUT2D eigenvalue weighted by Crippen LogP contribution is -2.24. The van der Waals surface area contributed by atoms with E-state index in [9.17, 15) is 0 Å². The molecular formula is C18H18O. The Bertz CT molecular complexity index is 595. The third-order valence-electron chi connectivity index (χ3n) is 4.86. The van der Waals surface area contributed by atoms with Crippen LogP contribution in [0.3, 0.4) is 0 Å². The van der Waals surface area contributed by atoms with E-state index in [0.717, 1.165) is 13.0 Å². The third-order valence-corrected chi connectivity index (χ3v) is 4.86. The van der Waals surface area contributed by atoms with Gasteiger partial charge in [-0.05, 0) is 30.4 Å². The maximum atomic E-state index is 6.28. The Hall–Kier alpha value is -1.60. The van der Waals surface area contributed by atoms with E-state index in [-0.39, 0.29) is 11.0 Å². The van der Waals surface area contributed by atoms with Crippen molar-refractivity contribution in [1.82, 2.24) is 0 Å². The monoisotopic (exact) mass is 250 g/mol. The minimum absolute atomic E-state index is 0.124. The fraction of sp³-hybridized carbons (Fsp3) is 0.333. The first-order chi connectivity index (χ1) is 9.23. The number of allylic oxidation sites excluding steroid dienone is 4. The molecule has 1 spiro atoms. The summed E-state index contributed by atoms with van der Waals surface area (Å²) in [5.74, 6) is 0.567. The lowest BCUT2D eigenvalue weighted by molar-refractivity contribution is 0.0255. The standard InChI is InChI=1S/C18H18O/c1-17(15-8-3-2-4-9-15)16-11-14-7-5-6-10-18(16,12-14)13-19-17/h2-11,14H,12-13H2,1H3/t14-,17?,18-/m1/s1. The minimum atomic E-state index is -0.258. The van der Waals surface area contributed by atoms with Gasteiger partial charge in [0.05, 0.1) is 6.61 Å². The first-order valence-corrected chi connectivity index (χ1v) is 7.01. The first kappa shape index (κ1) is 11.2. The van der Waals surface area contributed by atoms with Crippen LogP contribution in [-0.4, -0.2) is 6.61 Å². The van der Waals surface area contributed by atoms with Gasteiger partial charge in [-0.2, -0.15) is 0 Å². The summed E-state index contributed by atoms with van der Waals surface area (Å²) in [5, 5.41) is 0. The molecule has 1 aromatic rings. The highest BCUT2D eigenvalue weighted by atomic mass is 16.5. The van der Waals surface area contributed by atoms with Gasteiger partial charge in [0.2, 0.25) is 0 Å². The van der Waals surface area contributed by atoms with E-state index in [1.165, 1.54) is 11.1 Å². The van der Waals surface area contributed by atoms with Crippen LogP contribution in [0.15, 0.2) is 66.3 Å². The fourth-order valence-corrected chi connectivity index (χ4v) is 3.86. The Labute approximate surface area is 114 Å². The van der Waals surface area contributed by atoms with Crippen molar-refractivity contribution in [3.63, 3.8) is 0 Å². The van der Waals surface area contributed by atoms with Gasteiger partial charge in [-0.15, -0.1) is 0 Å². The maximum absolute atomic E-state index is 6.28. The molecule has 3 atom stereocenters. The summed E-state index contributed by atoms with van der Waals surface area (Å²) >= 11 is 0. The summed E-state index contributed by atoms with van der Waals surface area (Å²) in [7, 11) is 0. The molecule has 1 aromatic carbocycles. The van der Waals surface area contributed by atoms with Gasteiger partial charge in [-0.3, -0.25) is 0 Å². The van der Waals surface area contributed by atoms with Gasteiger partial charge < -0.3 is 4.74 Å². The fourth-order valence-electron chi connectivity index (χ4n) is 3.86. The lowest BCUT2D eigenvalue weighted by Gasteiger charge is -2.28. The molecule has 2 aliphatic carbocycles. The van der Waals surface area contributed by atoms with Crippen LogP contribution < -0.4 is 0 Å². The Morgan fingerprint density at radius 2 is 2.00 bits per heavy atom. The van der Waals surface area contributed by atoms with Gasteiger partial charge in [0.25, 0.3) is 0 Å². The quantitative estimate of drug-likeness (QED) is 0.685. The van der Waals surface area contributed by atoms with Gasteiger partial charge in [0.1, 0.15) is 5.60 Å². The zero-order valence-corrected chi connectivity index (χ0v) is 11.2. The van der Waals surface area contributed by atoms with Crippen molar-refractivity contribution in [3.05, 3.63) is 71.8 Å². The zero-order valence-electron chi connectivity index (χ0n) is 11.2. The van der Waals surface area contributed by atoms with Crippen molar-refractivity contribution in [3.8, 4) is 0 Å². The van der Waals surface area contributed by atoms with E-state index in [1.807, 2.05) is 0 Å². The number of hydrogen-bond acceptors (Lipinski definition) is 1. The number of benzene rings is 1. The van der Waals surface area contributed by atoms with Crippen LogP contribution in [0, 0.1) is 11.3 Å². The van der Waals surface area contributed by atoms with Crippen molar-refractivity contribution >= 4 is 0 Å². The largest absolute Gasteiger partial charge is 0.365 e. The summed E-state index contributed by atoms with van der Waals surface area (Å²) < 4.78 is 6.28. The van der Waals surface area contributed by atoms with E-state index in [1.54, 1.807) is 0 Å². The van der Waals surface area contributed by atoms with Crippen LogP contribution >= 0.6 is 0 Å². The number of hydrogen-bond donors (Lipinski definition) is 0. The highest BCUT2D eigenvalue weighted by Gasteiger charge is 2.54. The number of rotatable bonds is 1. The van der Waals surface area contributed by atoms with Gasteiger partial charge >= 0.3 is 0 Å². The van der Waals surface area contributed by atoms with E-state index >= 15 is 0 Å². The molecule has 1 fully saturated rings. The second-order valence-corrected chi connectivity index (χ2v) is 6.04. The molecule has 19 heavy (non-hydrogen) atoms. The molecule has 0 N–H and O–H groups in total. The second kappa shape index (κ2) is 3.71. The topological polar surface area (TPSA) is 9.23 Å². The Morgan fingerprint density at radius 1 is 1.16 bits per heavy atom. The molecule has 1 nitrogen and oxygen atoms in total. The molecule has 2 bridgehead atoms. The normalized spacial score (nSPS) is 39.0. The molecule has 3 aliphatic rings. The highest BCUT2D eigenvalue weighted by molar-refractivity contribution is 5.47. The van der Waals surface area contributed by atoms with Crippen LogP contribution in [-0.2, 0) is 10.3 Å². The number of ether oxygens (including phenoxy) is 1. The SMILES string of the molecule is CC1(c2ccccc2)OC[C@]23C=CC=C[C@H](C=C12)C3. The summed E-state index contributed by atoms with van der Waals surface area (Å²) in [6.45, 7) is 3.02. The average molecular weight is 250 g/mol. The summed E-state index contributed by atoms with van der Waals surface area (Å²) in [5.41, 5.74) is 2.59. The molecule has 1 heteroatoms. The van der Waals surface area contributed by atoms with Gasteiger partial charge in [0.15, 0.2) is 0 Å². The van der Waals surface area contributed by atoms with Crippen molar-refractivity contribution in [2.75, 3.05) is 6.61 Å². The lowest BCUT2D eigenvalue weighted by atomic mass is 9.75. The molecule has 4 rings (SSSR count). The van der Waals surface area contributed by atoms with Gasteiger partial charge in [-0.1, -0.05) is 60.7 Å². The molecule has 96 valence electrons. The van der Waals surface area contributed by atoms with E-state index < -0.39 is 0 Å². The van der Waals surface area contributed by atoms with Crippen molar-refractivity contribution < 1.29 is 4.74 Å². The minimum Gasteiger partial charge on any atom is -0.365 e. The van der Waals surface area contributed by atoms with Crippen LogP contribution in [0.25, 0.3) is 0 Å². The molecule has 1 saturated heterocycles. The van der Waals surface area contributed by atoms with E-state index in [2.05, 4.69) is 67.6 Å². The Kier molecular flexibility index (Phi) is 2.19. The van der Waals surface area contributed by atoms with E-state index in [0.29, 0.717) is 5.92 Å². The molecule has 0 saturated carbocycles. The third kappa shape index (κ3) is 1.45. The second-order valence-electron chi connectivity index (χ2n) is 6.04. The number of fused-ring (bicyclic) bond motifs is 1. The molecule has 1 unspecified atom stereocenters. The smallest absolute Gasteiger partial charge is 0.112 e. The van der Waals surface area contributed by atoms with E-state index in [4.69, 9.17) is 4.74 Å². The van der Waals surface area contributed by atoms with Crippen LogP contribution in [0.1, 0.15) is 18.9 Å². The molecule has 0 radical (unpaired) electrons. The molecule has 1 aliphatic heterocycles. The first-order valence-electron chi connectivity index (χ1n) is 7.01. The maximum Gasteiger partial charge on any atom is 0.112 e. The summed E-state index contributed by atoms with van der Waals surface area (Å²) in [6, 6.07) is 10.6. The zero-order chi connectivity index (χ0) is 12.9.